The molecule has 0 aromatic heterocycles. The van der Waals surface area contributed by atoms with Gasteiger partial charge in [0, 0.05) is 13.0 Å². The fourth-order valence-electron chi connectivity index (χ4n) is 2.14. The van der Waals surface area contributed by atoms with E-state index in [0.717, 1.165) is 30.8 Å². The summed E-state index contributed by atoms with van der Waals surface area (Å²) in [6.45, 7) is 4.35. The van der Waals surface area contributed by atoms with Crippen LogP contribution in [-0.4, -0.2) is 37.1 Å². The van der Waals surface area contributed by atoms with Crippen molar-refractivity contribution in [2.24, 2.45) is 0 Å². The van der Waals surface area contributed by atoms with Gasteiger partial charge in [-0.15, -0.1) is 0 Å². The Morgan fingerprint density at radius 3 is 2.58 bits per heavy atom. The lowest BCUT2D eigenvalue weighted by Crippen LogP contribution is -2.40. The van der Waals surface area contributed by atoms with Crippen LogP contribution in [0, 0.1) is 6.92 Å². The molecule has 1 saturated heterocycles. The number of likely N-dealkylation sites (tertiary alicyclic amines) is 1. The van der Waals surface area contributed by atoms with Gasteiger partial charge in [-0.1, -0.05) is 29.8 Å². The Labute approximate surface area is 113 Å². The lowest BCUT2D eigenvalue weighted by Gasteiger charge is -2.30. The van der Waals surface area contributed by atoms with Crippen molar-refractivity contribution in [1.82, 2.24) is 10.2 Å². The number of aryl methyl sites for hydroxylation is 1. The van der Waals surface area contributed by atoms with E-state index in [0.29, 0.717) is 6.42 Å². The van der Waals surface area contributed by atoms with Crippen molar-refractivity contribution < 1.29 is 9.18 Å². The normalized spacial score (nSPS) is 16.7. The standard InChI is InChI=1S/C15H21FN2O/c1-12-3-5-13(6-4-12)14(11-16)17-15(19)7-10-18-8-2-9-18/h3-6,14H,2,7-11H2,1H3,(H,17,19). The third-order valence-electron chi connectivity index (χ3n) is 3.57. The van der Waals surface area contributed by atoms with Gasteiger partial charge < -0.3 is 10.2 Å². The Hall–Kier alpha value is -1.42. The second-order valence-corrected chi connectivity index (χ2v) is 5.13. The SMILES string of the molecule is Cc1ccc(C(CF)NC(=O)CCN2CCC2)cc1. The number of nitrogens with zero attached hydrogens (tertiary/aromatic N) is 1. The zero-order valence-electron chi connectivity index (χ0n) is 11.4. The van der Waals surface area contributed by atoms with E-state index in [1.54, 1.807) is 0 Å². The molecule has 1 atom stereocenters. The maximum absolute atomic E-state index is 13.1. The van der Waals surface area contributed by atoms with Crippen molar-refractivity contribution in [3.63, 3.8) is 0 Å². The largest absolute Gasteiger partial charge is 0.347 e. The molecule has 1 aromatic carbocycles. The van der Waals surface area contributed by atoms with Crippen molar-refractivity contribution in [1.29, 1.82) is 0 Å². The highest BCUT2D eigenvalue weighted by molar-refractivity contribution is 5.76. The van der Waals surface area contributed by atoms with Crippen molar-refractivity contribution in [3.05, 3.63) is 35.4 Å². The topological polar surface area (TPSA) is 32.3 Å². The van der Waals surface area contributed by atoms with Gasteiger partial charge in [0.2, 0.25) is 5.91 Å². The minimum atomic E-state index is -0.571. The Balaban J connectivity index is 1.83. The zero-order valence-corrected chi connectivity index (χ0v) is 11.4. The van der Waals surface area contributed by atoms with Gasteiger partial charge in [0.15, 0.2) is 0 Å². The van der Waals surface area contributed by atoms with Gasteiger partial charge in [-0.25, -0.2) is 4.39 Å². The molecule has 1 fully saturated rings. The molecule has 2 rings (SSSR count). The van der Waals surface area contributed by atoms with Crippen LogP contribution in [0.1, 0.15) is 30.0 Å². The first-order valence-corrected chi connectivity index (χ1v) is 6.83. The van der Waals surface area contributed by atoms with Gasteiger partial charge in [0.1, 0.15) is 6.67 Å². The average Bonchev–Trinajstić information content (AvgIpc) is 2.35. The van der Waals surface area contributed by atoms with Crippen molar-refractivity contribution in [2.45, 2.75) is 25.8 Å². The molecule has 1 aromatic rings. The fourth-order valence-corrected chi connectivity index (χ4v) is 2.14. The third kappa shape index (κ3) is 4.03. The Bertz CT molecular complexity index is 415. The van der Waals surface area contributed by atoms with Crippen molar-refractivity contribution >= 4 is 5.91 Å². The molecule has 1 aliphatic heterocycles. The lowest BCUT2D eigenvalue weighted by atomic mass is 10.1. The van der Waals surface area contributed by atoms with Crippen LogP contribution < -0.4 is 5.32 Å². The van der Waals surface area contributed by atoms with Gasteiger partial charge in [-0.05, 0) is 32.0 Å². The molecule has 0 radical (unpaired) electrons. The number of benzene rings is 1. The maximum atomic E-state index is 13.1. The number of carbonyl (C=O) groups excluding carboxylic acids is 1. The molecule has 104 valence electrons. The molecule has 1 N–H and O–H groups in total. The van der Waals surface area contributed by atoms with E-state index in [1.807, 2.05) is 31.2 Å². The predicted molar refractivity (Wildman–Crippen MR) is 73.7 cm³/mol. The molecular formula is C15H21FN2O. The summed E-state index contributed by atoms with van der Waals surface area (Å²) < 4.78 is 13.1. The number of hydrogen-bond acceptors (Lipinski definition) is 2. The van der Waals surface area contributed by atoms with Gasteiger partial charge in [-0.3, -0.25) is 4.79 Å². The Morgan fingerprint density at radius 1 is 1.37 bits per heavy atom. The minimum Gasteiger partial charge on any atom is -0.347 e. The smallest absolute Gasteiger partial charge is 0.221 e. The molecule has 1 aliphatic rings. The van der Waals surface area contributed by atoms with Crippen molar-refractivity contribution in [3.8, 4) is 0 Å². The summed E-state index contributed by atoms with van der Waals surface area (Å²) in [5.74, 6) is -0.0740. The highest BCUT2D eigenvalue weighted by Gasteiger charge is 2.17. The quantitative estimate of drug-likeness (QED) is 0.854. The number of amides is 1. The summed E-state index contributed by atoms with van der Waals surface area (Å²) in [6.07, 6.45) is 1.67. The molecule has 1 amide bonds. The average molecular weight is 264 g/mol. The van der Waals surface area contributed by atoms with Crippen LogP contribution in [0.2, 0.25) is 0 Å². The third-order valence-corrected chi connectivity index (χ3v) is 3.57. The molecule has 0 spiro atoms. The van der Waals surface area contributed by atoms with E-state index < -0.39 is 12.7 Å². The van der Waals surface area contributed by atoms with Gasteiger partial charge in [0.25, 0.3) is 0 Å². The molecule has 0 saturated carbocycles. The molecule has 1 unspecified atom stereocenters. The van der Waals surface area contributed by atoms with Gasteiger partial charge in [0.05, 0.1) is 6.04 Å². The number of hydrogen-bond donors (Lipinski definition) is 1. The molecule has 4 heteroatoms. The molecule has 19 heavy (non-hydrogen) atoms. The summed E-state index contributed by atoms with van der Waals surface area (Å²) in [5, 5.41) is 2.77. The molecule has 0 bridgehead atoms. The molecule has 3 nitrogen and oxygen atoms in total. The maximum Gasteiger partial charge on any atom is 0.221 e. The van der Waals surface area contributed by atoms with E-state index in [4.69, 9.17) is 0 Å². The van der Waals surface area contributed by atoms with Crippen LogP contribution in [0.15, 0.2) is 24.3 Å². The molecular weight excluding hydrogens is 243 g/mol. The van der Waals surface area contributed by atoms with Crippen LogP contribution >= 0.6 is 0 Å². The van der Waals surface area contributed by atoms with E-state index in [1.165, 1.54) is 6.42 Å². The number of carbonyl (C=O) groups is 1. The highest BCUT2D eigenvalue weighted by atomic mass is 19.1. The fraction of sp³-hybridized carbons (Fsp3) is 0.533. The zero-order chi connectivity index (χ0) is 13.7. The van der Waals surface area contributed by atoms with Crippen LogP contribution in [0.3, 0.4) is 0 Å². The van der Waals surface area contributed by atoms with E-state index >= 15 is 0 Å². The summed E-state index contributed by atoms with van der Waals surface area (Å²) in [6, 6.07) is 7.09. The summed E-state index contributed by atoms with van der Waals surface area (Å²) >= 11 is 0. The first-order chi connectivity index (χ1) is 9.19. The van der Waals surface area contributed by atoms with Gasteiger partial charge >= 0.3 is 0 Å². The summed E-state index contributed by atoms with van der Waals surface area (Å²) in [5.41, 5.74) is 1.95. The van der Waals surface area contributed by atoms with E-state index in [9.17, 15) is 9.18 Å². The predicted octanol–water partition coefficient (Wildman–Crippen LogP) is 2.22. The van der Waals surface area contributed by atoms with Gasteiger partial charge in [-0.2, -0.15) is 0 Å². The second-order valence-electron chi connectivity index (χ2n) is 5.13. The first kappa shape index (κ1) is 14.0. The first-order valence-electron chi connectivity index (χ1n) is 6.83. The van der Waals surface area contributed by atoms with Crippen LogP contribution in [0.25, 0.3) is 0 Å². The summed E-state index contributed by atoms with van der Waals surface area (Å²) in [7, 11) is 0. The minimum absolute atomic E-state index is 0.0740. The Morgan fingerprint density at radius 2 is 2.05 bits per heavy atom. The number of halogens is 1. The summed E-state index contributed by atoms with van der Waals surface area (Å²) in [4.78, 5) is 14.0. The van der Waals surface area contributed by atoms with Crippen molar-refractivity contribution in [2.75, 3.05) is 26.3 Å². The Kier molecular flexibility index (Phi) is 4.91. The molecule has 1 heterocycles. The lowest BCUT2D eigenvalue weighted by molar-refractivity contribution is -0.122. The van der Waals surface area contributed by atoms with E-state index in [-0.39, 0.29) is 5.91 Å². The van der Waals surface area contributed by atoms with Crippen LogP contribution in [-0.2, 0) is 4.79 Å². The number of rotatable bonds is 6. The van der Waals surface area contributed by atoms with E-state index in [2.05, 4.69) is 10.2 Å². The number of nitrogens with one attached hydrogen (secondary N) is 1. The second kappa shape index (κ2) is 6.66. The molecule has 0 aliphatic carbocycles. The number of alkyl halides is 1. The van der Waals surface area contributed by atoms with Crippen LogP contribution in [0.4, 0.5) is 4.39 Å². The van der Waals surface area contributed by atoms with Crippen LogP contribution in [0.5, 0.6) is 0 Å². The highest BCUT2D eigenvalue weighted by Crippen LogP contribution is 2.15. The monoisotopic (exact) mass is 264 g/mol.